The van der Waals surface area contributed by atoms with E-state index in [0.29, 0.717) is 0 Å². The van der Waals surface area contributed by atoms with Gasteiger partial charge in [-0.05, 0) is 39.5 Å². The number of hydrogen-bond donors (Lipinski definition) is 1. The van der Waals surface area contributed by atoms with E-state index in [1.807, 2.05) is 18.2 Å². The van der Waals surface area contributed by atoms with Crippen molar-refractivity contribution in [2.45, 2.75) is 6.54 Å². The van der Waals surface area contributed by atoms with Crippen LogP contribution in [0.3, 0.4) is 0 Å². The van der Waals surface area contributed by atoms with Crippen molar-refractivity contribution in [3.8, 4) is 0 Å². The van der Waals surface area contributed by atoms with Crippen molar-refractivity contribution in [2.24, 2.45) is 0 Å². The SMILES string of the molecule is Brc1ccsc1CNc1nccc2occc12. The van der Waals surface area contributed by atoms with Gasteiger partial charge in [0, 0.05) is 15.5 Å². The molecule has 0 spiro atoms. The third-order valence-corrected chi connectivity index (χ3v) is 4.41. The number of nitrogens with zero attached hydrogens (tertiary/aromatic N) is 1. The predicted molar refractivity (Wildman–Crippen MR) is 73.4 cm³/mol. The molecular formula is C12H9BrN2OS. The molecule has 5 heteroatoms. The van der Waals surface area contributed by atoms with Crippen LogP contribution in [0.1, 0.15) is 4.88 Å². The minimum atomic E-state index is 0.759. The summed E-state index contributed by atoms with van der Waals surface area (Å²) in [5.74, 6) is 0.858. The Labute approximate surface area is 111 Å². The molecule has 0 atom stereocenters. The van der Waals surface area contributed by atoms with Crippen LogP contribution in [0.25, 0.3) is 11.0 Å². The average molecular weight is 309 g/mol. The predicted octanol–water partition coefficient (Wildman–Crippen LogP) is 4.26. The van der Waals surface area contributed by atoms with Crippen molar-refractivity contribution >= 4 is 44.1 Å². The fourth-order valence-electron chi connectivity index (χ4n) is 1.65. The zero-order chi connectivity index (χ0) is 11.7. The van der Waals surface area contributed by atoms with Gasteiger partial charge in [-0.25, -0.2) is 4.98 Å². The zero-order valence-corrected chi connectivity index (χ0v) is 11.2. The molecule has 0 saturated heterocycles. The summed E-state index contributed by atoms with van der Waals surface area (Å²) < 4.78 is 6.47. The number of furan rings is 1. The summed E-state index contributed by atoms with van der Waals surface area (Å²) in [5, 5.41) is 6.40. The maximum absolute atomic E-state index is 5.33. The van der Waals surface area contributed by atoms with Gasteiger partial charge in [-0.3, -0.25) is 0 Å². The number of pyridine rings is 1. The number of anilines is 1. The van der Waals surface area contributed by atoms with E-state index in [0.717, 1.165) is 27.8 Å². The molecule has 0 unspecified atom stereocenters. The van der Waals surface area contributed by atoms with Crippen LogP contribution in [0, 0.1) is 0 Å². The molecule has 17 heavy (non-hydrogen) atoms. The average Bonchev–Trinajstić information content (AvgIpc) is 2.95. The Hall–Kier alpha value is -1.33. The molecule has 3 aromatic heterocycles. The van der Waals surface area contributed by atoms with Gasteiger partial charge >= 0.3 is 0 Å². The third-order valence-electron chi connectivity index (χ3n) is 2.49. The smallest absolute Gasteiger partial charge is 0.139 e. The van der Waals surface area contributed by atoms with Crippen molar-refractivity contribution in [1.29, 1.82) is 0 Å². The van der Waals surface area contributed by atoms with Crippen molar-refractivity contribution in [1.82, 2.24) is 4.98 Å². The number of rotatable bonds is 3. The lowest BCUT2D eigenvalue weighted by Gasteiger charge is -2.05. The second-order valence-electron chi connectivity index (χ2n) is 3.54. The second kappa shape index (κ2) is 4.50. The number of hydrogen-bond acceptors (Lipinski definition) is 4. The summed E-state index contributed by atoms with van der Waals surface area (Å²) in [6.07, 6.45) is 3.43. The summed E-state index contributed by atoms with van der Waals surface area (Å²) in [4.78, 5) is 5.58. The molecular weight excluding hydrogens is 300 g/mol. The van der Waals surface area contributed by atoms with E-state index in [1.54, 1.807) is 23.8 Å². The number of aromatic nitrogens is 1. The van der Waals surface area contributed by atoms with E-state index >= 15 is 0 Å². The molecule has 0 aliphatic heterocycles. The summed E-state index contributed by atoms with van der Waals surface area (Å²) in [7, 11) is 0. The monoisotopic (exact) mass is 308 g/mol. The summed E-state index contributed by atoms with van der Waals surface area (Å²) in [6.45, 7) is 0.759. The highest BCUT2D eigenvalue weighted by molar-refractivity contribution is 9.10. The molecule has 0 aliphatic carbocycles. The highest BCUT2D eigenvalue weighted by atomic mass is 79.9. The van der Waals surface area contributed by atoms with Crippen LogP contribution in [0.4, 0.5) is 5.82 Å². The molecule has 3 nitrogen and oxygen atoms in total. The molecule has 0 fully saturated rings. The molecule has 3 aromatic rings. The minimum Gasteiger partial charge on any atom is -0.464 e. The lowest BCUT2D eigenvalue weighted by Crippen LogP contribution is -2.00. The number of nitrogens with one attached hydrogen (secondary N) is 1. The molecule has 3 heterocycles. The van der Waals surface area contributed by atoms with E-state index in [2.05, 4.69) is 31.6 Å². The summed E-state index contributed by atoms with van der Waals surface area (Å²) in [6, 6.07) is 5.84. The Morgan fingerprint density at radius 3 is 3.12 bits per heavy atom. The Balaban J connectivity index is 1.86. The molecule has 3 rings (SSSR count). The Kier molecular flexibility index (Phi) is 2.86. The molecule has 0 amide bonds. The number of thiophene rings is 1. The first kappa shape index (κ1) is 10.8. The van der Waals surface area contributed by atoms with Crippen LogP contribution < -0.4 is 5.32 Å². The first-order valence-corrected chi connectivity index (χ1v) is 6.80. The van der Waals surface area contributed by atoms with E-state index in [9.17, 15) is 0 Å². The first-order chi connectivity index (χ1) is 8.34. The van der Waals surface area contributed by atoms with Crippen LogP contribution in [-0.4, -0.2) is 4.98 Å². The summed E-state index contributed by atoms with van der Waals surface area (Å²) >= 11 is 5.23. The van der Waals surface area contributed by atoms with Gasteiger partial charge in [-0.2, -0.15) is 0 Å². The van der Waals surface area contributed by atoms with E-state index in [1.165, 1.54) is 4.88 Å². The van der Waals surface area contributed by atoms with E-state index in [4.69, 9.17) is 4.42 Å². The molecule has 0 saturated carbocycles. The van der Waals surface area contributed by atoms with Crippen LogP contribution >= 0.6 is 27.3 Å². The minimum absolute atomic E-state index is 0.759. The van der Waals surface area contributed by atoms with E-state index in [-0.39, 0.29) is 0 Å². The molecule has 0 radical (unpaired) electrons. The summed E-state index contributed by atoms with van der Waals surface area (Å²) in [5.41, 5.74) is 0.854. The molecule has 0 aliphatic rings. The lowest BCUT2D eigenvalue weighted by molar-refractivity contribution is 0.615. The first-order valence-electron chi connectivity index (χ1n) is 5.12. The van der Waals surface area contributed by atoms with Gasteiger partial charge < -0.3 is 9.73 Å². The Morgan fingerprint density at radius 2 is 2.29 bits per heavy atom. The van der Waals surface area contributed by atoms with Crippen LogP contribution in [0.5, 0.6) is 0 Å². The topological polar surface area (TPSA) is 38.1 Å². The van der Waals surface area contributed by atoms with Crippen molar-refractivity contribution in [3.63, 3.8) is 0 Å². The fourth-order valence-corrected chi connectivity index (χ4v) is 3.08. The third kappa shape index (κ3) is 2.08. The Morgan fingerprint density at radius 1 is 1.35 bits per heavy atom. The van der Waals surface area contributed by atoms with Crippen molar-refractivity contribution in [3.05, 3.63) is 45.4 Å². The lowest BCUT2D eigenvalue weighted by atomic mass is 10.3. The maximum atomic E-state index is 5.33. The van der Waals surface area contributed by atoms with Crippen LogP contribution in [-0.2, 0) is 6.54 Å². The normalized spacial score (nSPS) is 10.9. The van der Waals surface area contributed by atoms with Gasteiger partial charge in [0.25, 0.3) is 0 Å². The van der Waals surface area contributed by atoms with Gasteiger partial charge in [0.05, 0.1) is 18.2 Å². The highest BCUT2D eigenvalue weighted by Crippen LogP contribution is 2.26. The van der Waals surface area contributed by atoms with Crippen molar-refractivity contribution in [2.75, 3.05) is 5.32 Å². The van der Waals surface area contributed by atoms with Gasteiger partial charge in [0.15, 0.2) is 0 Å². The van der Waals surface area contributed by atoms with Gasteiger partial charge in [-0.15, -0.1) is 11.3 Å². The van der Waals surface area contributed by atoms with Gasteiger partial charge in [-0.1, -0.05) is 0 Å². The molecule has 0 aromatic carbocycles. The van der Waals surface area contributed by atoms with Crippen LogP contribution in [0.2, 0.25) is 0 Å². The Bertz CT molecular complexity index is 647. The van der Waals surface area contributed by atoms with Gasteiger partial charge in [0.2, 0.25) is 0 Å². The largest absolute Gasteiger partial charge is 0.464 e. The molecule has 0 bridgehead atoms. The zero-order valence-electron chi connectivity index (χ0n) is 8.81. The van der Waals surface area contributed by atoms with Crippen molar-refractivity contribution < 1.29 is 4.42 Å². The number of halogens is 1. The molecule has 1 N–H and O–H groups in total. The quantitative estimate of drug-likeness (QED) is 0.785. The fraction of sp³-hybridized carbons (Fsp3) is 0.0833. The number of fused-ring (bicyclic) bond motifs is 1. The van der Waals surface area contributed by atoms with Crippen LogP contribution in [0.15, 0.2) is 44.9 Å². The highest BCUT2D eigenvalue weighted by Gasteiger charge is 2.06. The second-order valence-corrected chi connectivity index (χ2v) is 5.39. The van der Waals surface area contributed by atoms with E-state index < -0.39 is 0 Å². The molecule has 86 valence electrons. The maximum Gasteiger partial charge on any atom is 0.139 e. The standard InChI is InChI=1S/C12H9BrN2OS/c13-9-3-6-17-11(9)7-15-12-8-2-5-16-10(8)1-4-14-12/h1-6H,7H2,(H,14,15). The van der Waals surface area contributed by atoms with Gasteiger partial charge in [0.1, 0.15) is 11.4 Å².